The SMILES string of the molecule is CCn1ccc(C(C)NC(=S)Nc2c(C)nn(Cc3ccc(Cl)cc3Cl)c2C)n1. The van der Waals surface area contributed by atoms with Gasteiger partial charge < -0.3 is 10.6 Å². The largest absolute Gasteiger partial charge is 0.354 e. The number of aromatic nitrogens is 4. The molecule has 0 saturated carbocycles. The van der Waals surface area contributed by atoms with Crippen LogP contribution in [0.3, 0.4) is 0 Å². The fraction of sp³-hybridized carbons (Fsp3) is 0.350. The van der Waals surface area contributed by atoms with Gasteiger partial charge >= 0.3 is 0 Å². The van der Waals surface area contributed by atoms with Gasteiger partial charge in [0.2, 0.25) is 0 Å². The number of hydrogen-bond donors (Lipinski definition) is 2. The smallest absolute Gasteiger partial charge is 0.171 e. The highest BCUT2D eigenvalue weighted by molar-refractivity contribution is 7.80. The van der Waals surface area contributed by atoms with Crippen molar-refractivity contribution in [3.05, 3.63) is 63.2 Å². The Bertz CT molecular complexity index is 1030. The Morgan fingerprint density at radius 2 is 1.97 bits per heavy atom. The van der Waals surface area contributed by atoms with Gasteiger partial charge in [-0.3, -0.25) is 9.36 Å². The zero-order chi connectivity index (χ0) is 21.1. The van der Waals surface area contributed by atoms with Crippen LogP contribution >= 0.6 is 35.4 Å². The monoisotopic (exact) mass is 450 g/mol. The summed E-state index contributed by atoms with van der Waals surface area (Å²) in [5.74, 6) is 0. The summed E-state index contributed by atoms with van der Waals surface area (Å²) in [5.41, 5.74) is 4.62. The van der Waals surface area contributed by atoms with Gasteiger partial charge in [-0.2, -0.15) is 10.2 Å². The summed E-state index contributed by atoms with van der Waals surface area (Å²) in [6.45, 7) is 9.43. The molecule has 0 spiro atoms. The van der Waals surface area contributed by atoms with E-state index in [4.69, 9.17) is 35.4 Å². The van der Waals surface area contributed by atoms with Crippen molar-refractivity contribution in [3.63, 3.8) is 0 Å². The van der Waals surface area contributed by atoms with E-state index in [2.05, 4.69) is 27.8 Å². The fourth-order valence-electron chi connectivity index (χ4n) is 3.05. The average Bonchev–Trinajstić information content (AvgIpc) is 3.25. The van der Waals surface area contributed by atoms with Crippen LogP contribution in [0.1, 0.15) is 42.5 Å². The first-order valence-electron chi connectivity index (χ1n) is 9.37. The molecule has 0 amide bonds. The molecule has 0 aliphatic carbocycles. The van der Waals surface area contributed by atoms with Crippen LogP contribution < -0.4 is 10.6 Å². The number of benzene rings is 1. The third-order valence-corrected chi connectivity index (χ3v) is 5.54. The van der Waals surface area contributed by atoms with E-state index in [-0.39, 0.29) is 6.04 Å². The maximum Gasteiger partial charge on any atom is 0.171 e. The Kier molecular flexibility index (Phi) is 6.82. The molecular formula is C20H24Cl2N6S. The molecule has 29 heavy (non-hydrogen) atoms. The number of nitrogens with one attached hydrogen (secondary N) is 2. The van der Waals surface area contributed by atoms with Gasteiger partial charge in [0.25, 0.3) is 0 Å². The molecule has 1 unspecified atom stereocenters. The molecule has 2 aromatic heterocycles. The fourth-order valence-corrected chi connectivity index (χ4v) is 3.79. The van der Waals surface area contributed by atoms with Gasteiger partial charge in [0.05, 0.1) is 35.4 Å². The number of halogens is 2. The third kappa shape index (κ3) is 5.10. The molecule has 0 aliphatic heterocycles. The second-order valence-electron chi connectivity index (χ2n) is 6.86. The van der Waals surface area contributed by atoms with Crippen molar-refractivity contribution in [2.75, 3.05) is 5.32 Å². The Hall–Kier alpha value is -2.09. The third-order valence-electron chi connectivity index (χ3n) is 4.73. The van der Waals surface area contributed by atoms with Crippen LogP contribution in [0.2, 0.25) is 10.0 Å². The van der Waals surface area contributed by atoms with Crippen molar-refractivity contribution in [3.8, 4) is 0 Å². The van der Waals surface area contributed by atoms with Crippen LogP contribution in [-0.4, -0.2) is 24.7 Å². The molecule has 0 fully saturated rings. The van der Waals surface area contributed by atoms with Crippen LogP contribution in [0.15, 0.2) is 30.5 Å². The van der Waals surface area contributed by atoms with Gasteiger partial charge in [-0.25, -0.2) is 0 Å². The second-order valence-corrected chi connectivity index (χ2v) is 8.11. The summed E-state index contributed by atoms with van der Waals surface area (Å²) in [6, 6.07) is 7.47. The lowest BCUT2D eigenvalue weighted by molar-refractivity contribution is 0.613. The van der Waals surface area contributed by atoms with Gasteiger partial charge in [-0.05, 0) is 63.7 Å². The molecule has 1 atom stereocenters. The van der Waals surface area contributed by atoms with Crippen LogP contribution in [0.4, 0.5) is 5.69 Å². The van der Waals surface area contributed by atoms with Gasteiger partial charge in [0.15, 0.2) is 5.11 Å². The highest BCUT2D eigenvalue weighted by Gasteiger charge is 2.16. The molecule has 0 bridgehead atoms. The lowest BCUT2D eigenvalue weighted by Gasteiger charge is -2.16. The molecule has 1 aromatic carbocycles. The molecule has 6 nitrogen and oxygen atoms in total. The molecule has 2 N–H and O–H groups in total. The van der Waals surface area contributed by atoms with Gasteiger partial charge in [-0.15, -0.1) is 0 Å². The first kappa shape index (κ1) is 21.6. The summed E-state index contributed by atoms with van der Waals surface area (Å²) in [6.07, 6.45) is 1.96. The van der Waals surface area contributed by atoms with Crippen molar-refractivity contribution in [1.82, 2.24) is 24.9 Å². The second kappa shape index (κ2) is 9.15. The molecular weight excluding hydrogens is 427 g/mol. The summed E-state index contributed by atoms with van der Waals surface area (Å²) in [7, 11) is 0. The lowest BCUT2D eigenvalue weighted by atomic mass is 10.2. The van der Waals surface area contributed by atoms with Gasteiger partial charge in [0, 0.05) is 22.8 Å². The number of aryl methyl sites for hydroxylation is 2. The van der Waals surface area contributed by atoms with Crippen LogP contribution in [0, 0.1) is 13.8 Å². The lowest BCUT2D eigenvalue weighted by Crippen LogP contribution is -2.31. The summed E-state index contributed by atoms with van der Waals surface area (Å²) < 4.78 is 3.80. The molecule has 9 heteroatoms. The normalized spacial score (nSPS) is 12.1. The quantitative estimate of drug-likeness (QED) is 0.510. The first-order chi connectivity index (χ1) is 13.8. The molecule has 154 valence electrons. The van der Waals surface area contributed by atoms with Crippen molar-refractivity contribution in [1.29, 1.82) is 0 Å². The van der Waals surface area contributed by atoms with E-state index in [1.807, 2.05) is 54.5 Å². The van der Waals surface area contributed by atoms with E-state index < -0.39 is 0 Å². The average molecular weight is 451 g/mol. The zero-order valence-corrected chi connectivity index (χ0v) is 19.2. The summed E-state index contributed by atoms with van der Waals surface area (Å²) in [5, 5.41) is 17.5. The molecule has 3 aromatic rings. The summed E-state index contributed by atoms with van der Waals surface area (Å²) >= 11 is 17.8. The predicted molar refractivity (Wildman–Crippen MR) is 123 cm³/mol. The highest BCUT2D eigenvalue weighted by atomic mass is 35.5. The van der Waals surface area contributed by atoms with Gasteiger partial charge in [-0.1, -0.05) is 29.3 Å². The predicted octanol–water partition coefficient (Wildman–Crippen LogP) is 5.12. The van der Waals surface area contributed by atoms with Crippen LogP contribution in [0.25, 0.3) is 0 Å². The first-order valence-corrected chi connectivity index (χ1v) is 10.5. The number of nitrogens with zero attached hydrogens (tertiary/aromatic N) is 4. The Morgan fingerprint density at radius 3 is 2.62 bits per heavy atom. The summed E-state index contributed by atoms with van der Waals surface area (Å²) in [4.78, 5) is 0. The van der Waals surface area contributed by atoms with Crippen molar-refractivity contribution in [2.45, 2.75) is 46.8 Å². The van der Waals surface area contributed by atoms with Crippen molar-refractivity contribution >= 4 is 46.2 Å². The molecule has 0 aliphatic rings. The molecule has 2 heterocycles. The van der Waals surface area contributed by atoms with E-state index in [0.29, 0.717) is 21.7 Å². The minimum absolute atomic E-state index is 0.00803. The highest BCUT2D eigenvalue weighted by Crippen LogP contribution is 2.25. The van der Waals surface area contributed by atoms with Crippen molar-refractivity contribution < 1.29 is 0 Å². The van der Waals surface area contributed by atoms with E-state index in [1.165, 1.54) is 0 Å². The van der Waals surface area contributed by atoms with Gasteiger partial charge in [0.1, 0.15) is 0 Å². The van der Waals surface area contributed by atoms with Crippen LogP contribution in [-0.2, 0) is 13.1 Å². The molecule has 3 rings (SSSR count). The van der Waals surface area contributed by atoms with E-state index in [9.17, 15) is 0 Å². The van der Waals surface area contributed by atoms with Crippen molar-refractivity contribution in [2.24, 2.45) is 0 Å². The van der Waals surface area contributed by atoms with E-state index >= 15 is 0 Å². The topological polar surface area (TPSA) is 59.7 Å². The standard InChI is InChI=1S/C20H24Cl2N6S/c1-5-27-9-8-18(26-27)12(2)23-20(29)24-19-13(3)25-28(14(19)4)11-15-6-7-16(21)10-17(15)22/h6-10,12H,5,11H2,1-4H3,(H2,23,24,29). The Balaban J connectivity index is 1.70. The maximum atomic E-state index is 6.31. The minimum Gasteiger partial charge on any atom is -0.354 e. The minimum atomic E-state index is -0.00803. The maximum absolute atomic E-state index is 6.31. The zero-order valence-electron chi connectivity index (χ0n) is 16.8. The van der Waals surface area contributed by atoms with Crippen LogP contribution in [0.5, 0.6) is 0 Å². The number of anilines is 1. The van der Waals surface area contributed by atoms with E-state index in [0.717, 1.165) is 34.9 Å². The molecule has 0 radical (unpaired) electrons. The number of rotatable bonds is 6. The Morgan fingerprint density at radius 1 is 1.21 bits per heavy atom. The number of hydrogen-bond acceptors (Lipinski definition) is 3. The Labute approximate surface area is 186 Å². The molecule has 0 saturated heterocycles. The van der Waals surface area contributed by atoms with E-state index in [1.54, 1.807) is 6.07 Å². The number of thiocarbonyl (C=S) groups is 1.